The van der Waals surface area contributed by atoms with Crippen LogP contribution in [0.4, 0.5) is 0 Å². The Labute approximate surface area is 143 Å². The Bertz CT molecular complexity index is 699. The summed E-state index contributed by atoms with van der Waals surface area (Å²) in [6, 6.07) is 6.72. The van der Waals surface area contributed by atoms with Gasteiger partial charge in [0.15, 0.2) is 0 Å². The van der Waals surface area contributed by atoms with Crippen molar-refractivity contribution in [1.29, 1.82) is 0 Å². The van der Waals surface area contributed by atoms with Crippen LogP contribution in [-0.4, -0.2) is 34.5 Å². The highest BCUT2D eigenvalue weighted by Gasteiger charge is 2.32. The molecule has 4 rings (SSSR count). The molecule has 2 aliphatic rings. The Balaban J connectivity index is 1.68. The summed E-state index contributed by atoms with van der Waals surface area (Å²) < 4.78 is 7.71. The molecule has 0 atom stereocenters. The highest BCUT2D eigenvalue weighted by atomic mass is 16.5. The van der Waals surface area contributed by atoms with E-state index in [1.54, 1.807) is 0 Å². The van der Waals surface area contributed by atoms with E-state index in [1.807, 2.05) is 13.0 Å². The van der Waals surface area contributed by atoms with Gasteiger partial charge in [0.25, 0.3) is 0 Å². The zero-order chi connectivity index (χ0) is 16.5. The van der Waals surface area contributed by atoms with Gasteiger partial charge in [-0.15, -0.1) is 0 Å². The molecule has 0 spiro atoms. The number of aromatic nitrogens is 3. The van der Waals surface area contributed by atoms with Gasteiger partial charge in [0, 0.05) is 36.6 Å². The van der Waals surface area contributed by atoms with Crippen LogP contribution in [0.3, 0.4) is 0 Å². The lowest BCUT2D eigenvalue weighted by Gasteiger charge is -2.34. The van der Waals surface area contributed by atoms with Gasteiger partial charge in [-0.3, -0.25) is 9.67 Å². The number of hydrogen-bond donors (Lipinski definition) is 1. The number of nitrogens with two attached hydrogens (primary N) is 1. The molecule has 1 aliphatic heterocycles. The predicted octanol–water partition coefficient (Wildman–Crippen LogP) is 3.06. The maximum absolute atomic E-state index is 5.78. The van der Waals surface area contributed by atoms with Crippen molar-refractivity contribution in [2.75, 3.05) is 19.8 Å². The SMILES string of the molecule is Cc1cccc(-c2cn([C@H]3C[C@H](CN)C3)nc2C2CCOCC2)n1. The molecule has 128 valence electrons. The molecule has 0 bridgehead atoms. The lowest BCUT2D eigenvalue weighted by atomic mass is 9.80. The van der Waals surface area contributed by atoms with Crippen molar-refractivity contribution < 1.29 is 4.74 Å². The molecule has 1 saturated heterocycles. The first-order valence-corrected chi connectivity index (χ1v) is 9.05. The number of aryl methyl sites for hydroxylation is 1. The molecule has 2 fully saturated rings. The summed E-state index contributed by atoms with van der Waals surface area (Å²) in [4.78, 5) is 4.74. The molecule has 0 unspecified atom stereocenters. The molecule has 2 N–H and O–H groups in total. The summed E-state index contributed by atoms with van der Waals surface area (Å²) in [7, 11) is 0. The molecule has 2 aromatic heterocycles. The summed E-state index contributed by atoms with van der Waals surface area (Å²) in [5.41, 5.74) is 10.3. The van der Waals surface area contributed by atoms with E-state index in [1.165, 1.54) is 11.3 Å². The van der Waals surface area contributed by atoms with Crippen LogP contribution in [0.5, 0.6) is 0 Å². The fraction of sp³-hybridized carbons (Fsp3) is 0.579. The zero-order valence-corrected chi connectivity index (χ0v) is 14.3. The fourth-order valence-corrected chi connectivity index (χ4v) is 3.86. The predicted molar refractivity (Wildman–Crippen MR) is 93.8 cm³/mol. The van der Waals surface area contributed by atoms with E-state index in [0.717, 1.165) is 56.8 Å². The van der Waals surface area contributed by atoms with Crippen molar-refractivity contribution in [3.63, 3.8) is 0 Å². The Hall–Kier alpha value is -1.72. The van der Waals surface area contributed by atoms with E-state index in [2.05, 4.69) is 23.0 Å². The van der Waals surface area contributed by atoms with E-state index < -0.39 is 0 Å². The lowest BCUT2D eigenvalue weighted by molar-refractivity contribution is 0.0841. The molecule has 3 heterocycles. The molecule has 0 radical (unpaired) electrons. The van der Waals surface area contributed by atoms with Crippen LogP contribution in [0.1, 0.15) is 49.0 Å². The van der Waals surface area contributed by atoms with Crippen LogP contribution in [0.25, 0.3) is 11.3 Å². The second-order valence-electron chi connectivity index (χ2n) is 7.19. The van der Waals surface area contributed by atoms with Gasteiger partial charge < -0.3 is 10.5 Å². The second kappa shape index (κ2) is 6.65. The highest BCUT2D eigenvalue weighted by Crippen LogP contribution is 2.40. The minimum absolute atomic E-state index is 0.475. The summed E-state index contributed by atoms with van der Waals surface area (Å²) in [6.07, 6.45) is 6.60. The fourth-order valence-electron chi connectivity index (χ4n) is 3.86. The molecule has 2 aromatic rings. The lowest BCUT2D eigenvalue weighted by Crippen LogP contribution is -2.32. The first-order valence-electron chi connectivity index (χ1n) is 9.05. The molecule has 1 aliphatic carbocycles. The Morgan fingerprint density at radius 1 is 1.25 bits per heavy atom. The standard InChI is InChI=1S/C19H26N4O/c1-13-3-2-4-18(21-13)17-12-23(16-9-14(10-16)11-20)22-19(17)15-5-7-24-8-6-15/h2-4,12,14-16H,5-11,20H2,1H3/t14-,16-. The number of rotatable bonds is 4. The van der Waals surface area contributed by atoms with Crippen LogP contribution < -0.4 is 5.73 Å². The van der Waals surface area contributed by atoms with Gasteiger partial charge in [-0.05, 0) is 57.2 Å². The van der Waals surface area contributed by atoms with Gasteiger partial charge in [-0.2, -0.15) is 5.10 Å². The first-order chi connectivity index (χ1) is 11.7. The number of ether oxygens (including phenoxy) is 1. The zero-order valence-electron chi connectivity index (χ0n) is 14.3. The van der Waals surface area contributed by atoms with Gasteiger partial charge in [-0.1, -0.05) is 6.07 Å². The van der Waals surface area contributed by atoms with Crippen molar-refractivity contribution in [3.8, 4) is 11.3 Å². The average molecular weight is 326 g/mol. The van der Waals surface area contributed by atoms with Crippen LogP contribution >= 0.6 is 0 Å². The van der Waals surface area contributed by atoms with Crippen molar-refractivity contribution in [2.24, 2.45) is 11.7 Å². The van der Waals surface area contributed by atoms with E-state index in [-0.39, 0.29) is 0 Å². The summed E-state index contributed by atoms with van der Waals surface area (Å²) in [5, 5.41) is 5.01. The molecule has 0 amide bonds. The van der Waals surface area contributed by atoms with Gasteiger partial charge in [0.05, 0.1) is 17.4 Å². The third-order valence-electron chi connectivity index (χ3n) is 5.45. The quantitative estimate of drug-likeness (QED) is 0.938. The van der Waals surface area contributed by atoms with Crippen LogP contribution in [0.15, 0.2) is 24.4 Å². The van der Waals surface area contributed by atoms with Crippen LogP contribution in [0, 0.1) is 12.8 Å². The minimum atomic E-state index is 0.475. The minimum Gasteiger partial charge on any atom is -0.381 e. The molecule has 5 nitrogen and oxygen atoms in total. The van der Waals surface area contributed by atoms with E-state index in [0.29, 0.717) is 17.9 Å². The average Bonchev–Trinajstić information content (AvgIpc) is 3.00. The summed E-state index contributed by atoms with van der Waals surface area (Å²) in [6.45, 7) is 4.49. The maximum atomic E-state index is 5.78. The highest BCUT2D eigenvalue weighted by molar-refractivity contribution is 5.62. The van der Waals surface area contributed by atoms with E-state index in [4.69, 9.17) is 20.6 Å². The molecular weight excluding hydrogens is 300 g/mol. The van der Waals surface area contributed by atoms with Gasteiger partial charge in [-0.25, -0.2) is 0 Å². The largest absolute Gasteiger partial charge is 0.381 e. The van der Waals surface area contributed by atoms with Crippen molar-refractivity contribution in [2.45, 2.75) is 44.6 Å². The van der Waals surface area contributed by atoms with Gasteiger partial charge in [0.1, 0.15) is 0 Å². The van der Waals surface area contributed by atoms with Crippen LogP contribution in [0.2, 0.25) is 0 Å². The number of pyridine rings is 1. The Morgan fingerprint density at radius 3 is 2.75 bits per heavy atom. The van der Waals surface area contributed by atoms with Crippen molar-refractivity contribution >= 4 is 0 Å². The maximum Gasteiger partial charge on any atom is 0.0751 e. The van der Waals surface area contributed by atoms with Crippen molar-refractivity contribution in [3.05, 3.63) is 35.8 Å². The molecule has 5 heteroatoms. The molecule has 24 heavy (non-hydrogen) atoms. The van der Waals surface area contributed by atoms with Crippen LogP contribution in [-0.2, 0) is 4.74 Å². The Morgan fingerprint density at radius 2 is 2.04 bits per heavy atom. The summed E-state index contributed by atoms with van der Waals surface area (Å²) in [5.74, 6) is 1.13. The monoisotopic (exact) mass is 326 g/mol. The third-order valence-corrected chi connectivity index (χ3v) is 5.45. The van der Waals surface area contributed by atoms with Gasteiger partial charge in [0.2, 0.25) is 0 Å². The molecular formula is C19H26N4O. The van der Waals surface area contributed by atoms with E-state index in [9.17, 15) is 0 Å². The Kier molecular flexibility index (Phi) is 4.37. The first kappa shape index (κ1) is 15.8. The smallest absolute Gasteiger partial charge is 0.0751 e. The number of hydrogen-bond acceptors (Lipinski definition) is 4. The van der Waals surface area contributed by atoms with Crippen molar-refractivity contribution in [1.82, 2.24) is 14.8 Å². The van der Waals surface area contributed by atoms with Gasteiger partial charge >= 0.3 is 0 Å². The third kappa shape index (κ3) is 2.98. The molecule has 0 aromatic carbocycles. The molecule has 1 saturated carbocycles. The number of nitrogens with zero attached hydrogens (tertiary/aromatic N) is 3. The normalized spacial score (nSPS) is 24.8. The topological polar surface area (TPSA) is 66.0 Å². The summed E-state index contributed by atoms with van der Waals surface area (Å²) >= 11 is 0. The van der Waals surface area contributed by atoms with E-state index >= 15 is 0 Å². The second-order valence-corrected chi connectivity index (χ2v) is 7.19.